The fraction of sp³-hybridized carbons (Fsp3) is 0.227. The van der Waals surface area contributed by atoms with Gasteiger partial charge >= 0.3 is 6.18 Å². The number of halogens is 8. The molecule has 1 aliphatic heterocycles. The maximum Gasteiger partial charge on any atom is 0.417 e. The van der Waals surface area contributed by atoms with Crippen LogP contribution in [0, 0.1) is 0 Å². The molecule has 194 valence electrons. The number of nitrogens with one attached hydrogen (secondary N) is 1. The monoisotopic (exact) mass is 579 g/mol. The van der Waals surface area contributed by atoms with Crippen LogP contribution in [0.15, 0.2) is 47.4 Å². The molecule has 1 aliphatic rings. The van der Waals surface area contributed by atoms with Gasteiger partial charge in [0.15, 0.2) is 5.65 Å². The summed E-state index contributed by atoms with van der Waals surface area (Å²) in [6, 6.07) is 2.86. The second-order valence-electron chi connectivity index (χ2n) is 8.16. The van der Waals surface area contributed by atoms with E-state index in [2.05, 4.69) is 27.0 Å². The Morgan fingerprint density at radius 3 is 2.54 bits per heavy atom. The van der Waals surface area contributed by atoms with Gasteiger partial charge in [-0.15, -0.1) is 0 Å². The van der Waals surface area contributed by atoms with Crippen LogP contribution < -0.4 is 10.1 Å². The molecule has 1 aromatic carbocycles. The van der Waals surface area contributed by atoms with Gasteiger partial charge in [-0.3, -0.25) is 0 Å². The number of alkyl halides is 5. The third-order valence-corrected chi connectivity index (χ3v) is 6.39. The summed E-state index contributed by atoms with van der Waals surface area (Å²) in [7, 11) is 0. The topological polar surface area (TPSA) is 77.5 Å². The molecule has 1 fully saturated rings. The van der Waals surface area contributed by atoms with Gasteiger partial charge in [0, 0.05) is 24.9 Å². The Balaban J connectivity index is 1.37. The summed E-state index contributed by atoms with van der Waals surface area (Å²) >= 11 is 18.6. The number of imidazole rings is 1. The Morgan fingerprint density at radius 2 is 1.86 bits per heavy atom. The molecule has 5 rings (SSSR count). The molecule has 7 nitrogen and oxygen atoms in total. The summed E-state index contributed by atoms with van der Waals surface area (Å²) in [6.45, 7) is 3.19. The first-order chi connectivity index (χ1) is 17.3. The lowest BCUT2D eigenvalue weighted by atomic mass is 10.2. The number of nitrogens with zero attached hydrogens (tertiary/aromatic N) is 4. The first-order valence-corrected chi connectivity index (χ1v) is 11.5. The lowest BCUT2D eigenvalue weighted by molar-refractivity contribution is -0.137. The van der Waals surface area contributed by atoms with Crippen LogP contribution in [0.2, 0.25) is 15.1 Å². The number of benzene rings is 1. The number of hydrogen-bond donors (Lipinski definition) is 1. The van der Waals surface area contributed by atoms with Crippen molar-refractivity contribution in [2.45, 2.75) is 24.6 Å². The van der Waals surface area contributed by atoms with E-state index in [1.807, 2.05) is 0 Å². The van der Waals surface area contributed by atoms with Crippen molar-refractivity contribution in [1.29, 1.82) is 0 Å². The molecule has 1 atom stereocenters. The van der Waals surface area contributed by atoms with Crippen molar-refractivity contribution >= 4 is 40.4 Å². The molecule has 0 bridgehead atoms. The fourth-order valence-electron chi connectivity index (χ4n) is 3.69. The Kier molecular flexibility index (Phi) is 6.24. The SMILES string of the molecule is C=C1N[C@@H](COc2cc(Cl)c(-c3nc(-c4cn5cc(C(F)(F)F)cc(Cl)c5n4)no3)cc2Cl)CC1(F)F. The van der Waals surface area contributed by atoms with Crippen molar-refractivity contribution in [2.24, 2.45) is 0 Å². The van der Waals surface area contributed by atoms with Crippen LogP contribution in [0.5, 0.6) is 5.75 Å². The van der Waals surface area contributed by atoms with E-state index < -0.39 is 30.1 Å². The highest BCUT2D eigenvalue weighted by Gasteiger charge is 2.43. The molecule has 3 aromatic heterocycles. The van der Waals surface area contributed by atoms with Crippen LogP contribution >= 0.6 is 34.8 Å². The van der Waals surface area contributed by atoms with Crippen molar-refractivity contribution in [3.63, 3.8) is 0 Å². The van der Waals surface area contributed by atoms with Crippen LogP contribution in [0.4, 0.5) is 22.0 Å². The number of pyridine rings is 1. The largest absolute Gasteiger partial charge is 0.490 e. The van der Waals surface area contributed by atoms with Crippen molar-refractivity contribution < 1.29 is 31.2 Å². The van der Waals surface area contributed by atoms with Gasteiger partial charge in [-0.1, -0.05) is 46.5 Å². The number of rotatable bonds is 5. The summed E-state index contributed by atoms with van der Waals surface area (Å²) in [5.74, 6) is -2.97. The highest BCUT2D eigenvalue weighted by molar-refractivity contribution is 6.36. The Labute approximate surface area is 219 Å². The average molecular weight is 581 g/mol. The fourth-order valence-corrected chi connectivity index (χ4v) is 4.40. The third-order valence-electron chi connectivity index (χ3n) is 5.50. The molecule has 0 saturated carbocycles. The van der Waals surface area contributed by atoms with E-state index in [0.717, 1.165) is 16.7 Å². The standard InChI is InChI=1S/C22H13Cl3F5N5O2/c1-9-21(26,27)5-11(31-9)8-36-17-4-13(23)12(3-14(17)24)20-33-18(34-37-20)16-7-35-6-10(22(28,29)30)2-15(25)19(35)32-16/h2-4,6-7,11,31H,1,5,8H2/t11-/m1/s1. The normalized spacial score (nSPS) is 17.4. The summed E-state index contributed by atoms with van der Waals surface area (Å²) in [6.07, 6.45) is -2.95. The van der Waals surface area contributed by atoms with Crippen LogP contribution in [-0.2, 0) is 6.18 Å². The first kappa shape index (κ1) is 25.6. The predicted octanol–water partition coefficient (Wildman–Crippen LogP) is 6.92. The van der Waals surface area contributed by atoms with Crippen molar-refractivity contribution in [1.82, 2.24) is 24.8 Å². The van der Waals surface area contributed by atoms with Gasteiger partial charge in [0.1, 0.15) is 18.1 Å². The number of hydrogen-bond acceptors (Lipinski definition) is 6. The van der Waals surface area contributed by atoms with E-state index in [1.165, 1.54) is 18.3 Å². The second kappa shape index (κ2) is 9.03. The minimum atomic E-state index is -4.60. The van der Waals surface area contributed by atoms with Crippen molar-refractivity contribution in [2.75, 3.05) is 6.61 Å². The van der Waals surface area contributed by atoms with Gasteiger partial charge in [0.25, 0.3) is 11.8 Å². The summed E-state index contributed by atoms with van der Waals surface area (Å²) in [5.41, 5.74) is -0.925. The van der Waals surface area contributed by atoms with Gasteiger partial charge in [-0.25, -0.2) is 4.98 Å². The zero-order chi connectivity index (χ0) is 26.7. The average Bonchev–Trinajstić information content (AvgIpc) is 3.51. The number of aromatic nitrogens is 4. The zero-order valence-electron chi connectivity index (χ0n) is 18.2. The third kappa shape index (κ3) is 4.92. The van der Waals surface area contributed by atoms with Crippen molar-refractivity contribution in [3.8, 4) is 28.7 Å². The molecule has 0 unspecified atom stereocenters. The van der Waals surface area contributed by atoms with E-state index in [9.17, 15) is 22.0 Å². The zero-order valence-corrected chi connectivity index (χ0v) is 20.5. The molecule has 0 amide bonds. The van der Waals surface area contributed by atoms with Crippen LogP contribution in [-0.4, -0.2) is 38.1 Å². The summed E-state index contributed by atoms with van der Waals surface area (Å²) < 4.78 is 78.4. The molecule has 0 aliphatic carbocycles. The van der Waals surface area contributed by atoms with Crippen LogP contribution in [0.25, 0.3) is 28.6 Å². The lowest BCUT2D eigenvalue weighted by Gasteiger charge is -2.14. The first-order valence-electron chi connectivity index (χ1n) is 10.4. The predicted molar refractivity (Wildman–Crippen MR) is 125 cm³/mol. The molecule has 0 spiro atoms. The molecule has 0 radical (unpaired) electrons. The lowest BCUT2D eigenvalue weighted by Crippen LogP contribution is -2.27. The van der Waals surface area contributed by atoms with Gasteiger partial charge in [0.05, 0.1) is 37.9 Å². The molecule has 1 N–H and O–H groups in total. The maximum absolute atomic E-state index is 13.6. The van der Waals surface area contributed by atoms with Crippen LogP contribution in [0.3, 0.4) is 0 Å². The number of fused-ring (bicyclic) bond motifs is 1. The minimum Gasteiger partial charge on any atom is -0.490 e. The van der Waals surface area contributed by atoms with Crippen LogP contribution in [0.1, 0.15) is 12.0 Å². The summed E-state index contributed by atoms with van der Waals surface area (Å²) in [4.78, 5) is 8.38. The van der Waals surface area contributed by atoms with E-state index >= 15 is 0 Å². The molecular weight excluding hydrogens is 568 g/mol. The molecule has 4 aromatic rings. The van der Waals surface area contributed by atoms with E-state index in [1.54, 1.807) is 0 Å². The van der Waals surface area contributed by atoms with Gasteiger partial charge in [0.2, 0.25) is 5.82 Å². The van der Waals surface area contributed by atoms with Gasteiger partial charge in [-0.05, 0) is 12.1 Å². The van der Waals surface area contributed by atoms with E-state index in [0.29, 0.717) is 0 Å². The molecule has 37 heavy (non-hydrogen) atoms. The van der Waals surface area contributed by atoms with Crippen molar-refractivity contribution in [3.05, 3.63) is 63.5 Å². The Morgan fingerprint density at radius 1 is 1.11 bits per heavy atom. The number of allylic oxidation sites excluding steroid dienone is 1. The quantitative estimate of drug-likeness (QED) is 0.258. The molecule has 15 heteroatoms. The summed E-state index contributed by atoms with van der Waals surface area (Å²) in [5, 5.41) is 6.39. The van der Waals surface area contributed by atoms with E-state index in [-0.39, 0.29) is 61.7 Å². The minimum absolute atomic E-state index is 0.0377. The molecule has 1 saturated heterocycles. The number of ether oxygens (including phenoxy) is 1. The van der Waals surface area contributed by atoms with Gasteiger partial charge < -0.3 is 19.0 Å². The Hall–Kier alpha value is -3.09. The second-order valence-corrected chi connectivity index (χ2v) is 9.38. The van der Waals surface area contributed by atoms with E-state index in [4.69, 9.17) is 44.1 Å². The maximum atomic E-state index is 13.6. The molecular formula is C22H13Cl3F5N5O2. The smallest absolute Gasteiger partial charge is 0.417 e. The molecule has 4 heterocycles. The Bertz CT molecular complexity index is 1540. The highest BCUT2D eigenvalue weighted by atomic mass is 35.5. The highest BCUT2D eigenvalue weighted by Crippen LogP contribution is 2.38. The van der Waals surface area contributed by atoms with Gasteiger partial charge in [-0.2, -0.15) is 26.9 Å².